The highest BCUT2D eigenvalue weighted by atomic mass is 35.5. The van der Waals surface area contributed by atoms with E-state index in [1.54, 1.807) is 10.7 Å². The van der Waals surface area contributed by atoms with E-state index >= 15 is 0 Å². The molecule has 23 heavy (non-hydrogen) atoms. The van der Waals surface area contributed by atoms with Crippen molar-refractivity contribution in [3.63, 3.8) is 0 Å². The number of halogens is 1. The molecule has 7 heteroatoms. The predicted molar refractivity (Wildman–Crippen MR) is 86.1 cm³/mol. The van der Waals surface area contributed by atoms with Crippen LogP contribution < -0.4 is 0 Å². The lowest BCUT2D eigenvalue weighted by atomic mass is 10.1. The van der Waals surface area contributed by atoms with Gasteiger partial charge in [-0.15, -0.1) is 10.2 Å². The van der Waals surface area contributed by atoms with Gasteiger partial charge in [0.2, 0.25) is 0 Å². The van der Waals surface area contributed by atoms with Crippen molar-refractivity contribution in [2.75, 3.05) is 0 Å². The first-order valence-corrected chi connectivity index (χ1v) is 7.95. The first kappa shape index (κ1) is 14.3. The fourth-order valence-electron chi connectivity index (χ4n) is 2.52. The first-order valence-electron chi connectivity index (χ1n) is 7.57. The Balaban J connectivity index is 1.61. The van der Waals surface area contributed by atoms with E-state index in [1.165, 1.54) is 18.4 Å². The normalized spacial score (nSPS) is 15.6. The van der Waals surface area contributed by atoms with Crippen molar-refractivity contribution in [3.8, 4) is 11.3 Å². The topological polar surface area (TPSA) is 69.4 Å². The van der Waals surface area contributed by atoms with Crippen molar-refractivity contribution in [2.45, 2.75) is 31.7 Å². The summed E-state index contributed by atoms with van der Waals surface area (Å²) in [6.45, 7) is 2.00. The Labute approximate surface area is 138 Å². The Morgan fingerprint density at radius 3 is 2.78 bits per heavy atom. The zero-order valence-corrected chi connectivity index (χ0v) is 13.4. The van der Waals surface area contributed by atoms with Gasteiger partial charge in [-0.2, -0.15) is 5.10 Å². The minimum atomic E-state index is -0.0689. The minimum Gasteiger partial charge on any atom is -0.264 e. The summed E-state index contributed by atoms with van der Waals surface area (Å²) in [6.07, 6.45) is 8.19. The molecule has 0 aliphatic heterocycles. The zero-order valence-electron chi connectivity index (χ0n) is 12.6. The zero-order chi connectivity index (χ0) is 15.8. The smallest absolute Gasteiger partial charge is 0.151 e. The van der Waals surface area contributed by atoms with Gasteiger partial charge in [0.05, 0.1) is 17.9 Å². The summed E-state index contributed by atoms with van der Waals surface area (Å²) in [5, 5.41) is 16.8. The van der Waals surface area contributed by atoms with Crippen molar-refractivity contribution in [1.29, 1.82) is 0 Å². The van der Waals surface area contributed by atoms with Crippen molar-refractivity contribution in [3.05, 3.63) is 53.2 Å². The lowest BCUT2D eigenvalue weighted by Crippen LogP contribution is -2.09. The second-order valence-electron chi connectivity index (χ2n) is 5.82. The molecule has 116 valence electrons. The van der Waals surface area contributed by atoms with Crippen LogP contribution in [0.2, 0.25) is 5.15 Å². The molecule has 0 saturated heterocycles. The molecule has 1 atom stereocenters. The second kappa shape index (κ2) is 5.70. The average Bonchev–Trinajstić information content (AvgIpc) is 3.32. The molecule has 0 aromatic carbocycles. The second-order valence-corrected chi connectivity index (χ2v) is 6.21. The van der Waals surface area contributed by atoms with Crippen LogP contribution in [0.15, 0.2) is 36.8 Å². The van der Waals surface area contributed by atoms with Gasteiger partial charge in [-0.1, -0.05) is 16.8 Å². The number of hydrogen-bond acceptors (Lipinski definition) is 5. The summed E-state index contributed by atoms with van der Waals surface area (Å²) in [6, 6.07) is 5.66. The molecule has 0 N–H and O–H groups in total. The molecule has 0 radical (unpaired) electrons. The summed E-state index contributed by atoms with van der Waals surface area (Å²) in [4.78, 5) is 4.33. The van der Waals surface area contributed by atoms with E-state index in [9.17, 15) is 0 Å². The Hall–Kier alpha value is -2.34. The maximum Gasteiger partial charge on any atom is 0.151 e. The third-order valence-electron chi connectivity index (χ3n) is 4.09. The maximum absolute atomic E-state index is 5.78. The molecule has 4 rings (SSSR count). The molecule has 1 saturated carbocycles. The van der Waals surface area contributed by atoms with Gasteiger partial charge in [-0.3, -0.25) is 4.98 Å². The van der Waals surface area contributed by atoms with Gasteiger partial charge in [0, 0.05) is 18.0 Å². The van der Waals surface area contributed by atoms with Gasteiger partial charge in [-0.25, -0.2) is 4.68 Å². The molecule has 0 bridgehead atoms. The summed E-state index contributed by atoms with van der Waals surface area (Å²) in [5.74, 6) is 0.667. The van der Waals surface area contributed by atoms with Crippen LogP contribution in [0.3, 0.4) is 0 Å². The van der Waals surface area contributed by atoms with Crippen LogP contribution in [0.5, 0.6) is 0 Å². The molecule has 1 aliphatic carbocycles. The molecule has 0 amide bonds. The van der Waals surface area contributed by atoms with E-state index in [1.807, 2.05) is 31.6 Å². The number of rotatable bonds is 4. The molecular weight excluding hydrogens is 312 g/mol. The molecule has 6 nitrogen and oxygen atoms in total. The Morgan fingerprint density at radius 1 is 1.17 bits per heavy atom. The van der Waals surface area contributed by atoms with E-state index < -0.39 is 0 Å². The van der Waals surface area contributed by atoms with Crippen LogP contribution >= 0.6 is 11.6 Å². The summed E-state index contributed by atoms with van der Waals surface area (Å²) >= 11 is 5.78. The fraction of sp³-hybridized carbons (Fsp3) is 0.312. The Kier molecular flexibility index (Phi) is 3.53. The van der Waals surface area contributed by atoms with Gasteiger partial charge < -0.3 is 0 Å². The third kappa shape index (κ3) is 2.94. The van der Waals surface area contributed by atoms with Crippen molar-refractivity contribution < 1.29 is 0 Å². The minimum absolute atomic E-state index is 0.0689. The Bertz CT molecular complexity index is 825. The highest BCUT2D eigenvalue weighted by Gasteiger charge is 2.24. The van der Waals surface area contributed by atoms with Gasteiger partial charge in [0.1, 0.15) is 5.69 Å². The number of aromatic nitrogens is 6. The van der Waals surface area contributed by atoms with Crippen LogP contribution in [0, 0.1) is 0 Å². The van der Waals surface area contributed by atoms with Crippen LogP contribution in [-0.4, -0.2) is 30.2 Å². The number of hydrogen-bond donors (Lipinski definition) is 0. The van der Waals surface area contributed by atoms with E-state index in [4.69, 9.17) is 11.6 Å². The van der Waals surface area contributed by atoms with Gasteiger partial charge in [0.15, 0.2) is 5.15 Å². The van der Waals surface area contributed by atoms with Gasteiger partial charge >= 0.3 is 0 Å². The monoisotopic (exact) mass is 326 g/mol. The summed E-state index contributed by atoms with van der Waals surface area (Å²) in [7, 11) is 0. The first-order chi connectivity index (χ1) is 11.2. The number of nitrogens with zero attached hydrogens (tertiary/aromatic N) is 6. The van der Waals surface area contributed by atoms with Crippen molar-refractivity contribution in [1.82, 2.24) is 30.2 Å². The molecule has 0 spiro atoms. The molecule has 3 heterocycles. The molecule has 1 unspecified atom stereocenters. The Morgan fingerprint density at radius 2 is 2.04 bits per heavy atom. The largest absolute Gasteiger partial charge is 0.264 e. The quantitative estimate of drug-likeness (QED) is 0.736. The molecule has 3 aromatic heterocycles. The van der Waals surface area contributed by atoms with E-state index in [2.05, 4.69) is 31.6 Å². The lowest BCUT2D eigenvalue weighted by Gasteiger charge is -2.09. The molecule has 3 aromatic rings. The average molecular weight is 327 g/mol. The molecular formula is C16H15ClN6. The van der Waals surface area contributed by atoms with Crippen LogP contribution in [-0.2, 0) is 0 Å². The van der Waals surface area contributed by atoms with Crippen LogP contribution in [0.25, 0.3) is 11.3 Å². The van der Waals surface area contributed by atoms with Crippen LogP contribution in [0.4, 0.5) is 0 Å². The van der Waals surface area contributed by atoms with E-state index in [0.717, 1.165) is 17.0 Å². The molecule has 1 aliphatic rings. The van der Waals surface area contributed by atoms with E-state index in [0.29, 0.717) is 11.1 Å². The standard InChI is InChI=1S/C16H15ClN6/c1-10(14-4-5-16(17)21-19-14)23-9-15(20-22-23)13-6-12(7-18-8-13)11-2-3-11/h4-11H,2-3H2,1H3. The number of pyridine rings is 1. The third-order valence-corrected chi connectivity index (χ3v) is 4.29. The van der Waals surface area contributed by atoms with Gasteiger partial charge in [-0.05, 0) is 49.4 Å². The van der Waals surface area contributed by atoms with Crippen molar-refractivity contribution >= 4 is 11.6 Å². The summed E-state index contributed by atoms with van der Waals surface area (Å²) in [5.41, 5.74) is 3.88. The molecule has 1 fully saturated rings. The maximum atomic E-state index is 5.78. The predicted octanol–water partition coefficient (Wildman–Crippen LogP) is 3.27. The SMILES string of the molecule is CC(c1ccc(Cl)nn1)n1cc(-c2cncc(C3CC3)c2)nn1. The van der Waals surface area contributed by atoms with E-state index in [-0.39, 0.29) is 6.04 Å². The van der Waals surface area contributed by atoms with Gasteiger partial charge in [0.25, 0.3) is 0 Å². The lowest BCUT2D eigenvalue weighted by molar-refractivity contribution is 0.526. The highest BCUT2D eigenvalue weighted by Crippen LogP contribution is 2.40. The van der Waals surface area contributed by atoms with Crippen molar-refractivity contribution in [2.24, 2.45) is 0 Å². The fourth-order valence-corrected chi connectivity index (χ4v) is 2.62. The summed E-state index contributed by atoms with van der Waals surface area (Å²) < 4.78 is 1.77. The highest BCUT2D eigenvalue weighted by molar-refractivity contribution is 6.29. The van der Waals surface area contributed by atoms with Crippen LogP contribution in [0.1, 0.15) is 43.0 Å².